The minimum atomic E-state index is -0.630. The van der Waals surface area contributed by atoms with Crippen LogP contribution in [0.4, 0.5) is 5.69 Å². The second-order valence-electron chi connectivity index (χ2n) is 9.31. The molecule has 2 unspecified atom stereocenters. The molecule has 2 atom stereocenters. The zero-order valence-electron chi connectivity index (χ0n) is 20.1. The molecule has 6 nitrogen and oxygen atoms in total. The highest BCUT2D eigenvalue weighted by molar-refractivity contribution is 9.09. The van der Waals surface area contributed by atoms with E-state index in [0.717, 1.165) is 42.6 Å². The Labute approximate surface area is 211 Å². The van der Waals surface area contributed by atoms with Crippen molar-refractivity contribution in [3.8, 4) is 5.75 Å². The van der Waals surface area contributed by atoms with E-state index in [1.54, 1.807) is 0 Å². The minimum absolute atomic E-state index is 0.0805. The Morgan fingerprint density at radius 1 is 1.12 bits per heavy atom. The molecule has 3 N–H and O–H groups in total. The number of alkyl halides is 1. The Morgan fingerprint density at radius 2 is 1.82 bits per heavy atom. The maximum atomic E-state index is 11.5. The number of amides is 1. The van der Waals surface area contributed by atoms with Crippen LogP contribution >= 0.6 is 15.9 Å². The maximum absolute atomic E-state index is 11.5. The molecule has 0 heterocycles. The first-order valence-electron chi connectivity index (χ1n) is 12.1. The van der Waals surface area contributed by atoms with Crippen molar-refractivity contribution in [1.82, 2.24) is 5.32 Å². The molecule has 34 heavy (non-hydrogen) atoms. The van der Waals surface area contributed by atoms with Gasteiger partial charge < -0.3 is 25.2 Å². The Morgan fingerprint density at radius 3 is 2.44 bits per heavy atom. The lowest BCUT2D eigenvalue weighted by atomic mass is 9.95. The smallest absolute Gasteiger partial charge is 0.235 e. The standard InChI is InChI=1S/C27H37BrN2O4/c1-19(2)27(22-7-9-23(10-8-22)30-26(32)15-28)29-16-24(31)18-34-25-11-5-20(6-12-25)13-14-33-17-21-3-4-21/h5-12,19,21,24,27,29,31H,3-4,13-18H2,1-2H3,(H,30,32). The molecule has 2 aromatic rings. The van der Waals surface area contributed by atoms with Crippen molar-refractivity contribution in [1.29, 1.82) is 0 Å². The van der Waals surface area contributed by atoms with E-state index in [4.69, 9.17) is 9.47 Å². The molecule has 0 bridgehead atoms. The molecule has 186 valence electrons. The summed E-state index contributed by atoms with van der Waals surface area (Å²) >= 11 is 3.15. The molecule has 7 heteroatoms. The van der Waals surface area contributed by atoms with Gasteiger partial charge in [-0.25, -0.2) is 0 Å². The predicted octanol–water partition coefficient (Wildman–Crippen LogP) is 4.72. The van der Waals surface area contributed by atoms with Gasteiger partial charge in [0.1, 0.15) is 18.5 Å². The molecule has 0 radical (unpaired) electrons. The Kier molecular flexibility index (Phi) is 10.8. The van der Waals surface area contributed by atoms with Gasteiger partial charge in [0.15, 0.2) is 0 Å². The normalized spacial score (nSPS) is 15.2. The summed E-state index contributed by atoms with van der Waals surface area (Å²) in [7, 11) is 0. The first-order chi connectivity index (χ1) is 16.4. The summed E-state index contributed by atoms with van der Waals surface area (Å²) in [4.78, 5) is 11.5. The molecule has 0 saturated heterocycles. The van der Waals surface area contributed by atoms with E-state index in [9.17, 15) is 9.90 Å². The van der Waals surface area contributed by atoms with Crippen LogP contribution in [0.15, 0.2) is 48.5 Å². The van der Waals surface area contributed by atoms with Crippen molar-refractivity contribution in [2.75, 3.05) is 37.0 Å². The molecule has 1 aliphatic rings. The molecule has 2 aromatic carbocycles. The topological polar surface area (TPSA) is 79.8 Å². The molecule has 1 saturated carbocycles. The summed E-state index contributed by atoms with van der Waals surface area (Å²) < 4.78 is 11.5. The van der Waals surface area contributed by atoms with Crippen molar-refractivity contribution >= 4 is 27.5 Å². The van der Waals surface area contributed by atoms with Gasteiger partial charge in [-0.05, 0) is 66.5 Å². The van der Waals surface area contributed by atoms with E-state index in [-0.39, 0.29) is 23.9 Å². The highest BCUT2D eigenvalue weighted by atomic mass is 79.9. The van der Waals surface area contributed by atoms with Crippen molar-refractivity contribution < 1.29 is 19.4 Å². The summed E-state index contributed by atoms with van der Waals surface area (Å²) in [5.74, 6) is 1.80. The monoisotopic (exact) mass is 532 g/mol. The fourth-order valence-corrected chi connectivity index (χ4v) is 3.84. The fourth-order valence-electron chi connectivity index (χ4n) is 3.70. The lowest BCUT2D eigenvalue weighted by Gasteiger charge is -2.25. The number of hydrogen-bond donors (Lipinski definition) is 3. The third-order valence-electron chi connectivity index (χ3n) is 5.87. The number of nitrogens with one attached hydrogen (secondary N) is 2. The van der Waals surface area contributed by atoms with E-state index < -0.39 is 6.10 Å². The van der Waals surface area contributed by atoms with Gasteiger partial charge in [0.2, 0.25) is 5.91 Å². The van der Waals surface area contributed by atoms with Crippen molar-refractivity contribution in [2.24, 2.45) is 11.8 Å². The molecule has 0 aliphatic heterocycles. The number of benzene rings is 2. The number of carbonyl (C=O) groups excluding carboxylic acids is 1. The summed E-state index contributed by atoms with van der Waals surface area (Å²) in [6.07, 6.45) is 2.91. The number of carbonyl (C=O) groups is 1. The average Bonchev–Trinajstić information content (AvgIpc) is 3.66. The van der Waals surface area contributed by atoms with Crippen LogP contribution in [0.2, 0.25) is 0 Å². The highest BCUT2D eigenvalue weighted by Gasteiger charge is 2.21. The highest BCUT2D eigenvalue weighted by Crippen LogP contribution is 2.28. The van der Waals surface area contributed by atoms with Crippen LogP contribution in [-0.2, 0) is 16.0 Å². The van der Waals surface area contributed by atoms with Gasteiger partial charge in [-0.3, -0.25) is 4.79 Å². The molecule has 1 amide bonds. The number of ether oxygens (including phenoxy) is 2. The molecular weight excluding hydrogens is 496 g/mol. The van der Waals surface area contributed by atoms with Gasteiger partial charge in [0.25, 0.3) is 0 Å². The second kappa shape index (κ2) is 13.8. The zero-order valence-corrected chi connectivity index (χ0v) is 21.7. The van der Waals surface area contributed by atoms with Crippen LogP contribution in [-0.4, -0.2) is 48.8 Å². The van der Waals surface area contributed by atoms with E-state index in [2.05, 4.69) is 52.5 Å². The fraction of sp³-hybridized carbons (Fsp3) is 0.519. The largest absolute Gasteiger partial charge is 0.491 e. The van der Waals surface area contributed by atoms with Crippen LogP contribution in [0.25, 0.3) is 0 Å². The molecule has 1 fully saturated rings. The summed E-state index contributed by atoms with van der Waals surface area (Å²) in [6, 6.07) is 15.9. The Hall–Kier alpha value is -1.93. The van der Waals surface area contributed by atoms with E-state index in [1.165, 1.54) is 18.4 Å². The van der Waals surface area contributed by atoms with Crippen molar-refractivity contribution in [3.05, 3.63) is 59.7 Å². The van der Waals surface area contributed by atoms with E-state index >= 15 is 0 Å². The molecule has 1 aliphatic carbocycles. The molecule has 0 spiro atoms. The minimum Gasteiger partial charge on any atom is -0.491 e. The average molecular weight is 534 g/mol. The van der Waals surface area contributed by atoms with Gasteiger partial charge in [-0.15, -0.1) is 0 Å². The van der Waals surface area contributed by atoms with Crippen LogP contribution in [0.3, 0.4) is 0 Å². The van der Waals surface area contributed by atoms with E-state index in [1.807, 2.05) is 36.4 Å². The number of aliphatic hydroxyl groups is 1. The zero-order chi connectivity index (χ0) is 24.3. The predicted molar refractivity (Wildman–Crippen MR) is 140 cm³/mol. The summed E-state index contributed by atoms with van der Waals surface area (Å²) in [6.45, 7) is 6.57. The first-order valence-corrected chi connectivity index (χ1v) is 13.2. The third kappa shape index (κ3) is 9.37. The second-order valence-corrected chi connectivity index (χ2v) is 9.87. The number of rotatable bonds is 15. The summed E-state index contributed by atoms with van der Waals surface area (Å²) in [5, 5.41) is 17.0. The number of anilines is 1. The Bertz CT molecular complexity index is 869. The SMILES string of the molecule is CC(C)C(NCC(O)COc1ccc(CCOCC2CC2)cc1)c1ccc(NC(=O)CBr)cc1. The summed E-state index contributed by atoms with van der Waals surface area (Å²) in [5.41, 5.74) is 3.10. The quantitative estimate of drug-likeness (QED) is 0.228. The lowest BCUT2D eigenvalue weighted by molar-refractivity contribution is -0.113. The van der Waals surface area contributed by atoms with Gasteiger partial charge in [-0.2, -0.15) is 0 Å². The van der Waals surface area contributed by atoms with Crippen molar-refractivity contribution in [2.45, 2.75) is 45.3 Å². The van der Waals surface area contributed by atoms with Gasteiger partial charge in [-0.1, -0.05) is 54.0 Å². The number of halogens is 1. The Balaban J connectivity index is 1.39. The van der Waals surface area contributed by atoms with Gasteiger partial charge in [0.05, 0.1) is 11.9 Å². The third-order valence-corrected chi connectivity index (χ3v) is 6.38. The van der Waals surface area contributed by atoms with Crippen molar-refractivity contribution in [3.63, 3.8) is 0 Å². The van der Waals surface area contributed by atoms with E-state index in [0.29, 0.717) is 12.5 Å². The van der Waals surface area contributed by atoms with Crippen LogP contribution in [0.1, 0.15) is 43.9 Å². The van der Waals surface area contributed by atoms with Gasteiger partial charge in [0, 0.05) is 24.9 Å². The van der Waals surface area contributed by atoms with Crippen LogP contribution < -0.4 is 15.4 Å². The molecule has 0 aromatic heterocycles. The lowest BCUT2D eigenvalue weighted by Crippen LogP contribution is -2.35. The van der Waals surface area contributed by atoms with Crippen LogP contribution in [0.5, 0.6) is 5.75 Å². The van der Waals surface area contributed by atoms with Crippen LogP contribution in [0, 0.1) is 11.8 Å². The maximum Gasteiger partial charge on any atom is 0.235 e. The number of aliphatic hydroxyl groups excluding tert-OH is 1. The van der Waals surface area contributed by atoms with Gasteiger partial charge >= 0.3 is 0 Å². The number of hydrogen-bond acceptors (Lipinski definition) is 5. The molecular formula is C27H37BrN2O4. The first kappa shape index (κ1) is 26.7. The molecule has 3 rings (SSSR count).